The molecule has 0 aliphatic rings. The van der Waals surface area contributed by atoms with Crippen molar-refractivity contribution in [2.24, 2.45) is 0 Å². The summed E-state index contributed by atoms with van der Waals surface area (Å²) in [5, 5.41) is 6.33. The monoisotopic (exact) mass is 232 g/mol. The average molecular weight is 232 g/mol. The number of furan rings is 1. The molecule has 0 aliphatic heterocycles. The van der Waals surface area contributed by atoms with E-state index >= 15 is 0 Å². The normalized spacial score (nSPS) is 10.2. The van der Waals surface area contributed by atoms with E-state index < -0.39 is 0 Å². The van der Waals surface area contributed by atoms with Crippen molar-refractivity contribution in [1.29, 1.82) is 0 Å². The van der Waals surface area contributed by atoms with E-state index in [0.717, 1.165) is 36.9 Å². The summed E-state index contributed by atoms with van der Waals surface area (Å²) in [6.45, 7) is 3.64. The molecular formula is C12H16N4O. The number of rotatable bonds is 6. The standard InChI is InChI=1S/C12H16N4O/c1-2-14-11-8-13-9-12(16-11)15-6-5-10-4-3-7-17-10/h3-4,7-9H,2,5-6H2,1H3,(H2,14,15,16). The van der Waals surface area contributed by atoms with Crippen LogP contribution in [0, 0.1) is 0 Å². The quantitative estimate of drug-likeness (QED) is 0.799. The molecule has 5 nitrogen and oxygen atoms in total. The maximum absolute atomic E-state index is 5.25. The number of hydrogen-bond acceptors (Lipinski definition) is 5. The van der Waals surface area contributed by atoms with Gasteiger partial charge in [0.2, 0.25) is 0 Å². The van der Waals surface area contributed by atoms with E-state index in [4.69, 9.17) is 4.42 Å². The average Bonchev–Trinajstić information content (AvgIpc) is 2.83. The van der Waals surface area contributed by atoms with Crippen LogP contribution in [0.4, 0.5) is 11.6 Å². The van der Waals surface area contributed by atoms with Crippen molar-refractivity contribution in [2.45, 2.75) is 13.3 Å². The Balaban J connectivity index is 1.84. The Kier molecular flexibility index (Phi) is 3.96. The molecule has 0 unspecified atom stereocenters. The van der Waals surface area contributed by atoms with Crippen LogP contribution in [0.1, 0.15) is 12.7 Å². The first-order valence-corrected chi connectivity index (χ1v) is 5.70. The van der Waals surface area contributed by atoms with Gasteiger partial charge in [0.25, 0.3) is 0 Å². The maximum atomic E-state index is 5.25. The van der Waals surface area contributed by atoms with Crippen LogP contribution < -0.4 is 10.6 Å². The van der Waals surface area contributed by atoms with Gasteiger partial charge in [-0.15, -0.1) is 0 Å². The molecule has 2 rings (SSSR count). The molecule has 17 heavy (non-hydrogen) atoms. The minimum atomic E-state index is 0.773. The van der Waals surface area contributed by atoms with Crippen LogP contribution in [0.2, 0.25) is 0 Å². The molecule has 0 radical (unpaired) electrons. The summed E-state index contributed by atoms with van der Waals surface area (Å²) in [6, 6.07) is 3.85. The van der Waals surface area contributed by atoms with Gasteiger partial charge in [0.1, 0.15) is 17.4 Å². The molecule has 0 atom stereocenters. The Labute approximate surface area is 100 Å². The zero-order valence-corrected chi connectivity index (χ0v) is 9.81. The minimum absolute atomic E-state index is 0.773. The number of aromatic nitrogens is 2. The Hall–Kier alpha value is -2.04. The number of nitrogens with one attached hydrogen (secondary N) is 2. The van der Waals surface area contributed by atoms with Gasteiger partial charge in [0, 0.05) is 19.5 Å². The van der Waals surface area contributed by atoms with E-state index in [1.54, 1.807) is 18.7 Å². The predicted octanol–water partition coefficient (Wildman–Crippen LogP) is 2.16. The fourth-order valence-corrected chi connectivity index (χ4v) is 1.49. The summed E-state index contributed by atoms with van der Waals surface area (Å²) in [5.74, 6) is 2.53. The van der Waals surface area contributed by atoms with E-state index in [1.807, 2.05) is 19.1 Å². The first kappa shape index (κ1) is 11.4. The fourth-order valence-electron chi connectivity index (χ4n) is 1.49. The first-order chi connectivity index (χ1) is 8.38. The van der Waals surface area contributed by atoms with E-state index in [2.05, 4.69) is 20.6 Å². The Morgan fingerprint density at radius 1 is 1.24 bits per heavy atom. The summed E-state index contributed by atoms with van der Waals surface area (Å²) >= 11 is 0. The van der Waals surface area contributed by atoms with Crippen molar-refractivity contribution in [3.63, 3.8) is 0 Å². The molecule has 2 aromatic rings. The smallest absolute Gasteiger partial charge is 0.146 e. The summed E-state index contributed by atoms with van der Waals surface area (Å²) in [5.41, 5.74) is 0. The highest BCUT2D eigenvalue weighted by molar-refractivity contribution is 5.41. The number of anilines is 2. The second-order valence-electron chi connectivity index (χ2n) is 3.58. The molecule has 0 spiro atoms. The summed E-state index contributed by atoms with van der Waals surface area (Å²) in [6.07, 6.45) is 5.94. The SMILES string of the molecule is CCNc1cncc(NCCc2ccco2)n1. The van der Waals surface area contributed by atoms with Crippen LogP contribution in [-0.4, -0.2) is 23.1 Å². The number of nitrogens with zero attached hydrogens (tertiary/aromatic N) is 2. The molecule has 0 aromatic carbocycles. The third-order valence-electron chi connectivity index (χ3n) is 2.25. The fraction of sp³-hybridized carbons (Fsp3) is 0.333. The highest BCUT2D eigenvalue weighted by Gasteiger charge is 1.98. The van der Waals surface area contributed by atoms with Crippen molar-refractivity contribution >= 4 is 11.6 Å². The second kappa shape index (κ2) is 5.89. The zero-order chi connectivity index (χ0) is 11.9. The summed E-state index contributed by atoms with van der Waals surface area (Å²) in [7, 11) is 0. The Morgan fingerprint density at radius 3 is 2.76 bits per heavy atom. The van der Waals surface area contributed by atoms with Crippen LogP contribution in [0.15, 0.2) is 35.2 Å². The van der Waals surface area contributed by atoms with Gasteiger partial charge in [0.05, 0.1) is 18.7 Å². The lowest BCUT2D eigenvalue weighted by molar-refractivity contribution is 0.513. The molecule has 2 N–H and O–H groups in total. The largest absolute Gasteiger partial charge is 0.469 e. The lowest BCUT2D eigenvalue weighted by Crippen LogP contribution is -2.08. The van der Waals surface area contributed by atoms with Crippen molar-refractivity contribution in [2.75, 3.05) is 23.7 Å². The topological polar surface area (TPSA) is 63.0 Å². The van der Waals surface area contributed by atoms with Gasteiger partial charge in [-0.05, 0) is 19.1 Å². The highest BCUT2D eigenvalue weighted by Crippen LogP contribution is 2.07. The van der Waals surface area contributed by atoms with Gasteiger partial charge in [0.15, 0.2) is 0 Å². The molecule has 0 saturated carbocycles. The van der Waals surface area contributed by atoms with Gasteiger partial charge in [-0.1, -0.05) is 0 Å². The molecule has 0 fully saturated rings. The molecule has 2 heterocycles. The summed E-state index contributed by atoms with van der Waals surface area (Å²) in [4.78, 5) is 8.47. The van der Waals surface area contributed by atoms with Gasteiger partial charge < -0.3 is 15.1 Å². The van der Waals surface area contributed by atoms with Gasteiger partial charge >= 0.3 is 0 Å². The Morgan fingerprint density at radius 2 is 2.06 bits per heavy atom. The van der Waals surface area contributed by atoms with E-state index in [1.165, 1.54) is 0 Å². The summed E-state index contributed by atoms with van der Waals surface area (Å²) < 4.78 is 5.25. The maximum Gasteiger partial charge on any atom is 0.146 e. The minimum Gasteiger partial charge on any atom is -0.469 e. The van der Waals surface area contributed by atoms with E-state index in [-0.39, 0.29) is 0 Å². The lowest BCUT2D eigenvalue weighted by Gasteiger charge is -2.06. The molecule has 0 aliphatic carbocycles. The van der Waals surface area contributed by atoms with E-state index in [0.29, 0.717) is 0 Å². The van der Waals surface area contributed by atoms with Crippen LogP contribution in [-0.2, 0) is 6.42 Å². The molecular weight excluding hydrogens is 216 g/mol. The van der Waals surface area contributed by atoms with Crippen molar-refractivity contribution in [3.05, 3.63) is 36.5 Å². The Bertz CT molecular complexity index is 442. The van der Waals surface area contributed by atoms with Crippen molar-refractivity contribution < 1.29 is 4.42 Å². The number of hydrogen-bond donors (Lipinski definition) is 2. The zero-order valence-electron chi connectivity index (χ0n) is 9.81. The van der Waals surface area contributed by atoms with Crippen LogP contribution >= 0.6 is 0 Å². The molecule has 0 amide bonds. The van der Waals surface area contributed by atoms with Crippen LogP contribution in [0.3, 0.4) is 0 Å². The van der Waals surface area contributed by atoms with Crippen molar-refractivity contribution in [3.8, 4) is 0 Å². The molecule has 0 saturated heterocycles. The van der Waals surface area contributed by atoms with Crippen molar-refractivity contribution in [1.82, 2.24) is 9.97 Å². The molecule has 0 bridgehead atoms. The van der Waals surface area contributed by atoms with Crippen LogP contribution in [0.25, 0.3) is 0 Å². The van der Waals surface area contributed by atoms with Gasteiger partial charge in [-0.25, -0.2) is 4.98 Å². The van der Waals surface area contributed by atoms with Gasteiger partial charge in [-0.3, -0.25) is 4.98 Å². The second-order valence-corrected chi connectivity index (χ2v) is 3.58. The van der Waals surface area contributed by atoms with E-state index in [9.17, 15) is 0 Å². The third-order valence-corrected chi connectivity index (χ3v) is 2.25. The van der Waals surface area contributed by atoms with Crippen LogP contribution in [0.5, 0.6) is 0 Å². The van der Waals surface area contributed by atoms with Gasteiger partial charge in [-0.2, -0.15) is 0 Å². The first-order valence-electron chi connectivity index (χ1n) is 5.70. The molecule has 5 heteroatoms. The molecule has 90 valence electrons. The molecule has 2 aromatic heterocycles. The third kappa shape index (κ3) is 3.48. The predicted molar refractivity (Wildman–Crippen MR) is 67.1 cm³/mol. The lowest BCUT2D eigenvalue weighted by atomic mass is 10.3. The highest BCUT2D eigenvalue weighted by atomic mass is 16.3.